The first-order chi connectivity index (χ1) is 7.17. The van der Waals surface area contributed by atoms with E-state index in [9.17, 15) is 4.79 Å². The van der Waals surface area contributed by atoms with E-state index < -0.39 is 0 Å². The highest BCUT2D eigenvalue weighted by atomic mass is 16.3. The van der Waals surface area contributed by atoms with Crippen LogP contribution in [0.25, 0.3) is 0 Å². The number of carbonyl (C=O) groups excluding carboxylic acids is 1. The van der Waals surface area contributed by atoms with Crippen molar-refractivity contribution in [2.24, 2.45) is 5.92 Å². The first kappa shape index (κ1) is 15.4. The van der Waals surface area contributed by atoms with Gasteiger partial charge in [0.1, 0.15) is 0 Å². The zero-order chi connectivity index (χ0) is 12.9. The van der Waals surface area contributed by atoms with Crippen molar-refractivity contribution in [2.75, 3.05) is 6.61 Å². The van der Waals surface area contributed by atoms with Crippen LogP contribution in [-0.4, -0.2) is 35.2 Å². The summed E-state index contributed by atoms with van der Waals surface area (Å²) >= 11 is 0. The topological polar surface area (TPSA) is 61.4 Å². The minimum atomic E-state index is -0.247. The standard InChI is InChI=1S/C12H26N2O2/c1-8(7-15)9(2)13-10(3)11(16)14-12(4,5)6/h8-10,13,15H,7H2,1-6H3,(H,14,16). The Balaban J connectivity index is 4.15. The van der Waals surface area contributed by atoms with Gasteiger partial charge < -0.3 is 15.7 Å². The lowest BCUT2D eigenvalue weighted by molar-refractivity contribution is -0.124. The molecule has 4 nitrogen and oxygen atoms in total. The first-order valence-electron chi connectivity index (χ1n) is 5.86. The molecule has 3 N–H and O–H groups in total. The molecule has 16 heavy (non-hydrogen) atoms. The number of hydrogen-bond donors (Lipinski definition) is 3. The van der Waals surface area contributed by atoms with E-state index >= 15 is 0 Å². The summed E-state index contributed by atoms with van der Waals surface area (Å²) in [5.74, 6) is 0.134. The van der Waals surface area contributed by atoms with E-state index in [0.29, 0.717) is 0 Å². The fourth-order valence-corrected chi connectivity index (χ4v) is 1.27. The molecule has 4 heteroatoms. The molecular formula is C12H26N2O2. The van der Waals surface area contributed by atoms with Crippen molar-refractivity contribution in [3.05, 3.63) is 0 Å². The van der Waals surface area contributed by atoms with Crippen LogP contribution < -0.4 is 10.6 Å². The van der Waals surface area contributed by atoms with E-state index in [1.807, 2.05) is 41.5 Å². The van der Waals surface area contributed by atoms with Crippen LogP contribution in [0.3, 0.4) is 0 Å². The third kappa shape index (κ3) is 6.08. The summed E-state index contributed by atoms with van der Waals surface area (Å²) in [6.07, 6.45) is 0. The van der Waals surface area contributed by atoms with Crippen LogP contribution in [0.1, 0.15) is 41.5 Å². The summed E-state index contributed by atoms with van der Waals surface area (Å²) < 4.78 is 0. The molecule has 0 bridgehead atoms. The molecule has 0 aliphatic rings. The fourth-order valence-electron chi connectivity index (χ4n) is 1.27. The number of carbonyl (C=O) groups is 1. The molecule has 0 fully saturated rings. The predicted molar refractivity (Wildman–Crippen MR) is 66.2 cm³/mol. The van der Waals surface area contributed by atoms with Crippen LogP contribution in [0.4, 0.5) is 0 Å². The van der Waals surface area contributed by atoms with E-state index in [0.717, 1.165) is 0 Å². The Labute approximate surface area is 98.8 Å². The van der Waals surface area contributed by atoms with Crippen molar-refractivity contribution >= 4 is 5.91 Å². The molecule has 0 saturated heterocycles. The highest BCUT2D eigenvalue weighted by Crippen LogP contribution is 2.04. The van der Waals surface area contributed by atoms with Gasteiger partial charge in [0.2, 0.25) is 5.91 Å². The second-order valence-electron chi connectivity index (χ2n) is 5.58. The Morgan fingerprint density at radius 1 is 1.25 bits per heavy atom. The van der Waals surface area contributed by atoms with E-state index in [-0.39, 0.29) is 36.1 Å². The van der Waals surface area contributed by atoms with Crippen LogP contribution in [0.5, 0.6) is 0 Å². The molecule has 0 radical (unpaired) electrons. The number of hydrogen-bond acceptors (Lipinski definition) is 3. The Kier molecular flexibility index (Phi) is 5.97. The number of rotatable bonds is 5. The third-order valence-corrected chi connectivity index (χ3v) is 2.55. The number of amides is 1. The number of aliphatic hydroxyl groups is 1. The van der Waals surface area contributed by atoms with Crippen molar-refractivity contribution in [3.63, 3.8) is 0 Å². The Hall–Kier alpha value is -0.610. The molecule has 0 spiro atoms. The summed E-state index contributed by atoms with van der Waals surface area (Å²) in [5, 5.41) is 15.1. The molecule has 3 atom stereocenters. The van der Waals surface area contributed by atoms with Crippen LogP contribution in [-0.2, 0) is 4.79 Å². The van der Waals surface area contributed by atoms with E-state index in [1.165, 1.54) is 0 Å². The number of aliphatic hydroxyl groups excluding tert-OH is 1. The molecule has 3 unspecified atom stereocenters. The summed E-state index contributed by atoms with van der Waals surface area (Å²) in [7, 11) is 0. The van der Waals surface area contributed by atoms with Crippen molar-refractivity contribution < 1.29 is 9.90 Å². The van der Waals surface area contributed by atoms with Crippen LogP contribution in [0, 0.1) is 5.92 Å². The lowest BCUT2D eigenvalue weighted by Gasteiger charge is -2.27. The molecule has 0 rings (SSSR count). The molecule has 0 aromatic heterocycles. The molecule has 0 aromatic rings. The van der Waals surface area contributed by atoms with Gasteiger partial charge in [-0.2, -0.15) is 0 Å². The zero-order valence-electron chi connectivity index (χ0n) is 11.3. The minimum Gasteiger partial charge on any atom is -0.396 e. The lowest BCUT2D eigenvalue weighted by atomic mass is 10.0. The van der Waals surface area contributed by atoms with Gasteiger partial charge in [-0.1, -0.05) is 6.92 Å². The third-order valence-electron chi connectivity index (χ3n) is 2.55. The Morgan fingerprint density at radius 2 is 1.75 bits per heavy atom. The zero-order valence-corrected chi connectivity index (χ0v) is 11.3. The average Bonchev–Trinajstić information content (AvgIpc) is 2.13. The molecule has 0 aliphatic heterocycles. The Morgan fingerprint density at radius 3 is 2.12 bits per heavy atom. The molecule has 0 aromatic carbocycles. The normalized spacial score (nSPS) is 17.7. The van der Waals surface area contributed by atoms with Gasteiger partial charge in [0, 0.05) is 18.2 Å². The summed E-state index contributed by atoms with van der Waals surface area (Å²) in [4.78, 5) is 11.8. The quantitative estimate of drug-likeness (QED) is 0.657. The Bertz CT molecular complexity index is 224. The van der Waals surface area contributed by atoms with Gasteiger partial charge in [-0.3, -0.25) is 4.79 Å². The molecule has 0 saturated carbocycles. The second kappa shape index (κ2) is 6.21. The highest BCUT2D eigenvalue weighted by Gasteiger charge is 2.21. The monoisotopic (exact) mass is 230 g/mol. The van der Waals surface area contributed by atoms with Crippen LogP contribution >= 0.6 is 0 Å². The SMILES string of the molecule is CC(NC(C)C(C)CO)C(=O)NC(C)(C)C. The lowest BCUT2D eigenvalue weighted by Crippen LogP contribution is -2.52. The fraction of sp³-hybridized carbons (Fsp3) is 0.917. The molecule has 1 amide bonds. The van der Waals surface area contributed by atoms with Gasteiger partial charge in [-0.25, -0.2) is 0 Å². The van der Waals surface area contributed by atoms with E-state index in [1.54, 1.807) is 0 Å². The van der Waals surface area contributed by atoms with Gasteiger partial charge in [-0.05, 0) is 40.5 Å². The maximum atomic E-state index is 11.8. The van der Waals surface area contributed by atoms with Crippen molar-refractivity contribution in [1.29, 1.82) is 0 Å². The molecule has 0 heterocycles. The highest BCUT2D eigenvalue weighted by molar-refractivity contribution is 5.81. The second-order valence-corrected chi connectivity index (χ2v) is 5.58. The number of nitrogens with one attached hydrogen (secondary N) is 2. The minimum absolute atomic E-state index is 0.00973. The van der Waals surface area contributed by atoms with Gasteiger partial charge in [0.15, 0.2) is 0 Å². The van der Waals surface area contributed by atoms with Gasteiger partial charge in [0.25, 0.3) is 0 Å². The van der Waals surface area contributed by atoms with E-state index in [4.69, 9.17) is 5.11 Å². The summed E-state index contributed by atoms with van der Waals surface area (Å²) in [6, 6.07) is -0.131. The van der Waals surface area contributed by atoms with Gasteiger partial charge in [-0.15, -0.1) is 0 Å². The smallest absolute Gasteiger partial charge is 0.237 e. The largest absolute Gasteiger partial charge is 0.396 e. The van der Waals surface area contributed by atoms with Crippen molar-refractivity contribution in [2.45, 2.75) is 59.2 Å². The van der Waals surface area contributed by atoms with Crippen LogP contribution in [0.2, 0.25) is 0 Å². The molecule has 0 aliphatic carbocycles. The predicted octanol–water partition coefficient (Wildman–Crippen LogP) is 0.896. The van der Waals surface area contributed by atoms with E-state index in [2.05, 4.69) is 10.6 Å². The van der Waals surface area contributed by atoms with Gasteiger partial charge in [0.05, 0.1) is 6.04 Å². The van der Waals surface area contributed by atoms with Crippen LogP contribution in [0.15, 0.2) is 0 Å². The van der Waals surface area contributed by atoms with Crippen molar-refractivity contribution in [3.8, 4) is 0 Å². The average molecular weight is 230 g/mol. The summed E-state index contributed by atoms with van der Waals surface area (Å²) in [5.41, 5.74) is -0.209. The first-order valence-corrected chi connectivity index (χ1v) is 5.86. The maximum absolute atomic E-state index is 11.8. The maximum Gasteiger partial charge on any atom is 0.237 e. The van der Waals surface area contributed by atoms with Gasteiger partial charge >= 0.3 is 0 Å². The molecular weight excluding hydrogens is 204 g/mol. The molecule has 96 valence electrons. The summed E-state index contributed by atoms with van der Waals surface area (Å²) in [6.45, 7) is 11.8. The van der Waals surface area contributed by atoms with Crippen molar-refractivity contribution in [1.82, 2.24) is 10.6 Å².